The fourth-order valence-electron chi connectivity index (χ4n) is 2.88. The summed E-state index contributed by atoms with van der Waals surface area (Å²) in [6, 6.07) is 22.3. The van der Waals surface area contributed by atoms with E-state index in [0.29, 0.717) is 10.7 Å². The van der Waals surface area contributed by atoms with E-state index >= 15 is 0 Å². The second kappa shape index (κ2) is 9.11. The van der Waals surface area contributed by atoms with Gasteiger partial charge in [-0.25, -0.2) is 8.42 Å². The summed E-state index contributed by atoms with van der Waals surface area (Å²) >= 11 is 6.13. The number of halogens is 1. The number of aryl methyl sites for hydroxylation is 1. The zero-order valence-electron chi connectivity index (χ0n) is 15.9. The van der Waals surface area contributed by atoms with E-state index in [-0.39, 0.29) is 18.0 Å². The van der Waals surface area contributed by atoms with Crippen LogP contribution in [0.15, 0.2) is 83.8 Å². The Balaban J connectivity index is 1.87. The Morgan fingerprint density at radius 3 is 2.24 bits per heavy atom. The van der Waals surface area contributed by atoms with Gasteiger partial charge in [0.1, 0.15) is 6.54 Å². The van der Waals surface area contributed by atoms with Crippen molar-refractivity contribution >= 4 is 33.2 Å². The standard InChI is InChI=1S/C22H21ClN2O3S/c1-17-9-5-8-14-21(17)25(29(27,28)19-11-3-2-4-12-19)16-22(26)24-15-18-10-6-7-13-20(18)23/h2-14H,15-16H2,1H3,(H,24,26). The van der Waals surface area contributed by atoms with E-state index in [1.807, 2.05) is 31.2 Å². The van der Waals surface area contributed by atoms with Crippen LogP contribution in [0.25, 0.3) is 0 Å². The predicted octanol–water partition coefficient (Wildman–Crippen LogP) is 4.16. The van der Waals surface area contributed by atoms with Crippen molar-refractivity contribution in [2.75, 3.05) is 10.8 Å². The van der Waals surface area contributed by atoms with Gasteiger partial charge >= 0.3 is 0 Å². The largest absolute Gasteiger partial charge is 0.350 e. The third-order valence-corrected chi connectivity index (χ3v) is 6.58. The Bertz CT molecular complexity index is 1100. The number of hydrogen-bond donors (Lipinski definition) is 1. The van der Waals surface area contributed by atoms with Gasteiger partial charge in [-0.1, -0.05) is 66.2 Å². The molecule has 0 saturated heterocycles. The van der Waals surface area contributed by atoms with Gasteiger partial charge < -0.3 is 5.32 Å². The van der Waals surface area contributed by atoms with Crippen LogP contribution in [0.4, 0.5) is 5.69 Å². The Labute approximate surface area is 176 Å². The molecule has 0 aliphatic heterocycles. The lowest BCUT2D eigenvalue weighted by molar-refractivity contribution is -0.119. The summed E-state index contributed by atoms with van der Waals surface area (Å²) in [4.78, 5) is 12.8. The molecule has 3 aromatic carbocycles. The zero-order chi connectivity index (χ0) is 20.9. The maximum absolute atomic E-state index is 13.3. The lowest BCUT2D eigenvalue weighted by Gasteiger charge is -2.25. The lowest BCUT2D eigenvalue weighted by Crippen LogP contribution is -2.41. The van der Waals surface area contributed by atoms with Crippen molar-refractivity contribution in [3.05, 3.63) is 95.0 Å². The fraction of sp³-hybridized carbons (Fsp3) is 0.136. The summed E-state index contributed by atoms with van der Waals surface area (Å²) in [6.07, 6.45) is 0. The molecule has 0 spiro atoms. The molecule has 0 radical (unpaired) electrons. The molecule has 29 heavy (non-hydrogen) atoms. The molecule has 0 fully saturated rings. The van der Waals surface area contributed by atoms with Crippen LogP contribution >= 0.6 is 11.6 Å². The molecule has 0 atom stereocenters. The number of nitrogens with zero attached hydrogens (tertiary/aromatic N) is 1. The maximum atomic E-state index is 13.3. The van der Waals surface area contributed by atoms with Gasteiger partial charge in [-0.05, 0) is 42.3 Å². The Kier molecular flexibility index (Phi) is 6.56. The number of sulfonamides is 1. The minimum absolute atomic E-state index is 0.127. The smallest absolute Gasteiger partial charge is 0.264 e. The summed E-state index contributed by atoms with van der Waals surface area (Å²) in [5, 5.41) is 3.30. The quantitative estimate of drug-likeness (QED) is 0.614. The van der Waals surface area contributed by atoms with E-state index in [1.54, 1.807) is 42.5 Å². The van der Waals surface area contributed by atoms with Gasteiger partial charge in [-0.15, -0.1) is 0 Å². The minimum Gasteiger partial charge on any atom is -0.350 e. The highest BCUT2D eigenvalue weighted by Crippen LogP contribution is 2.26. The summed E-state index contributed by atoms with van der Waals surface area (Å²) in [7, 11) is -3.92. The average Bonchev–Trinajstić information content (AvgIpc) is 2.72. The van der Waals surface area contributed by atoms with Crippen LogP contribution in [0.1, 0.15) is 11.1 Å². The van der Waals surface area contributed by atoms with Crippen molar-refractivity contribution in [1.82, 2.24) is 5.32 Å². The molecule has 5 nitrogen and oxygen atoms in total. The number of para-hydroxylation sites is 1. The van der Waals surface area contributed by atoms with E-state index < -0.39 is 15.9 Å². The van der Waals surface area contributed by atoms with Crippen LogP contribution in [-0.4, -0.2) is 20.9 Å². The summed E-state index contributed by atoms with van der Waals surface area (Å²) in [5.41, 5.74) is 1.98. The topological polar surface area (TPSA) is 66.5 Å². The molecule has 0 bridgehead atoms. The molecule has 0 aliphatic carbocycles. The normalized spacial score (nSPS) is 11.1. The van der Waals surface area contributed by atoms with E-state index in [9.17, 15) is 13.2 Å². The van der Waals surface area contributed by atoms with Gasteiger partial charge in [0.15, 0.2) is 0 Å². The molecule has 7 heteroatoms. The number of nitrogens with one attached hydrogen (secondary N) is 1. The molecule has 0 aromatic heterocycles. The average molecular weight is 429 g/mol. The molecule has 0 heterocycles. The molecular weight excluding hydrogens is 408 g/mol. The van der Waals surface area contributed by atoms with E-state index in [1.165, 1.54) is 12.1 Å². The Morgan fingerprint density at radius 2 is 1.55 bits per heavy atom. The van der Waals surface area contributed by atoms with Crippen LogP contribution in [0, 0.1) is 6.92 Å². The highest BCUT2D eigenvalue weighted by Gasteiger charge is 2.27. The van der Waals surface area contributed by atoms with Crippen LogP contribution < -0.4 is 9.62 Å². The second-order valence-electron chi connectivity index (χ2n) is 6.48. The first kappa shape index (κ1) is 20.9. The summed E-state index contributed by atoms with van der Waals surface area (Å²) in [5.74, 6) is -0.423. The third kappa shape index (κ3) is 4.96. The third-order valence-electron chi connectivity index (χ3n) is 4.44. The molecule has 0 saturated carbocycles. The van der Waals surface area contributed by atoms with E-state index in [0.717, 1.165) is 15.4 Å². The van der Waals surface area contributed by atoms with Crippen molar-refractivity contribution in [1.29, 1.82) is 0 Å². The van der Waals surface area contributed by atoms with E-state index in [2.05, 4.69) is 5.32 Å². The number of anilines is 1. The first-order valence-corrected chi connectivity index (χ1v) is 10.8. The van der Waals surface area contributed by atoms with Crippen LogP contribution in [0.5, 0.6) is 0 Å². The molecule has 1 N–H and O–H groups in total. The molecule has 1 amide bonds. The molecular formula is C22H21ClN2O3S. The van der Waals surface area contributed by atoms with Crippen LogP contribution in [0.2, 0.25) is 5.02 Å². The molecule has 3 rings (SSSR count). The van der Waals surface area contributed by atoms with Crippen molar-refractivity contribution < 1.29 is 13.2 Å². The maximum Gasteiger partial charge on any atom is 0.264 e. The second-order valence-corrected chi connectivity index (χ2v) is 8.75. The van der Waals surface area contributed by atoms with Crippen molar-refractivity contribution in [3.8, 4) is 0 Å². The van der Waals surface area contributed by atoms with Crippen LogP contribution in [0.3, 0.4) is 0 Å². The van der Waals surface area contributed by atoms with Crippen molar-refractivity contribution in [2.24, 2.45) is 0 Å². The number of carbonyl (C=O) groups excluding carboxylic acids is 1. The van der Waals surface area contributed by atoms with Crippen molar-refractivity contribution in [3.63, 3.8) is 0 Å². The van der Waals surface area contributed by atoms with Gasteiger partial charge in [0.25, 0.3) is 10.0 Å². The first-order chi connectivity index (χ1) is 13.9. The monoisotopic (exact) mass is 428 g/mol. The van der Waals surface area contributed by atoms with Gasteiger partial charge in [0.2, 0.25) is 5.91 Å². The molecule has 0 aliphatic rings. The predicted molar refractivity (Wildman–Crippen MR) is 115 cm³/mol. The first-order valence-electron chi connectivity index (χ1n) is 9.03. The fourth-order valence-corrected chi connectivity index (χ4v) is 4.59. The number of rotatable bonds is 7. The minimum atomic E-state index is -3.92. The van der Waals surface area contributed by atoms with Gasteiger partial charge in [-0.3, -0.25) is 9.10 Å². The summed E-state index contributed by atoms with van der Waals surface area (Å²) in [6.45, 7) is 1.68. The summed E-state index contributed by atoms with van der Waals surface area (Å²) < 4.78 is 27.7. The van der Waals surface area contributed by atoms with E-state index in [4.69, 9.17) is 11.6 Å². The van der Waals surface area contributed by atoms with Crippen molar-refractivity contribution in [2.45, 2.75) is 18.4 Å². The number of hydrogen-bond acceptors (Lipinski definition) is 3. The SMILES string of the molecule is Cc1ccccc1N(CC(=O)NCc1ccccc1Cl)S(=O)(=O)c1ccccc1. The van der Waals surface area contributed by atoms with Gasteiger partial charge in [0, 0.05) is 11.6 Å². The van der Waals surface area contributed by atoms with Crippen LogP contribution in [-0.2, 0) is 21.4 Å². The highest BCUT2D eigenvalue weighted by atomic mass is 35.5. The highest BCUT2D eigenvalue weighted by molar-refractivity contribution is 7.92. The molecule has 150 valence electrons. The number of benzene rings is 3. The zero-order valence-corrected chi connectivity index (χ0v) is 17.5. The number of carbonyl (C=O) groups is 1. The lowest BCUT2D eigenvalue weighted by atomic mass is 10.2. The Morgan fingerprint density at radius 1 is 0.931 bits per heavy atom. The number of amides is 1. The molecule has 3 aromatic rings. The van der Waals surface area contributed by atoms with Gasteiger partial charge in [0.05, 0.1) is 10.6 Å². The van der Waals surface area contributed by atoms with Gasteiger partial charge in [-0.2, -0.15) is 0 Å². The Hall–Kier alpha value is -2.83. The molecule has 0 unspecified atom stereocenters.